The topological polar surface area (TPSA) is 57.7 Å². The molecule has 5 nitrogen and oxygen atoms in total. The van der Waals surface area contributed by atoms with Gasteiger partial charge >= 0.3 is 0 Å². The van der Waals surface area contributed by atoms with E-state index in [2.05, 4.69) is 13.8 Å². The monoisotopic (exact) mass is 420 g/mol. The Morgan fingerprint density at radius 2 is 1.89 bits per heavy atom. The Morgan fingerprint density at radius 1 is 1.18 bits per heavy atom. The normalized spacial score (nSPS) is 20.8. The van der Waals surface area contributed by atoms with Crippen molar-refractivity contribution in [2.45, 2.75) is 38.6 Å². The molecule has 0 bridgehead atoms. The van der Waals surface area contributed by atoms with Crippen molar-refractivity contribution in [1.82, 2.24) is 9.21 Å². The number of piperidine rings is 1. The standard InChI is InChI=1S/C21H28N2O3S2/c1-4-22(15-19-8-6-10-27-19)21(24)18-7-5-9-20(12-18)28(25,26)23-13-16(2)11-17(3)14-23/h5-10,12,16-17H,4,11,13-15H2,1-3H3/t16-,17-/m0/s1. The maximum atomic E-state index is 13.2. The Morgan fingerprint density at radius 3 is 2.50 bits per heavy atom. The van der Waals surface area contributed by atoms with Crippen molar-refractivity contribution in [3.8, 4) is 0 Å². The average Bonchev–Trinajstić information content (AvgIpc) is 3.18. The van der Waals surface area contributed by atoms with E-state index >= 15 is 0 Å². The van der Waals surface area contributed by atoms with Gasteiger partial charge in [-0.2, -0.15) is 4.31 Å². The minimum atomic E-state index is -3.60. The van der Waals surface area contributed by atoms with Gasteiger partial charge in [-0.05, 0) is 54.8 Å². The summed E-state index contributed by atoms with van der Waals surface area (Å²) in [7, 11) is -3.60. The van der Waals surface area contributed by atoms with Crippen LogP contribution in [0.1, 0.15) is 42.4 Å². The summed E-state index contributed by atoms with van der Waals surface area (Å²) in [5.41, 5.74) is 0.414. The molecule has 28 heavy (non-hydrogen) atoms. The summed E-state index contributed by atoms with van der Waals surface area (Å²) >= 11 is 1.61. The van der Waals surface area contributed by atoms with Crippen molar-refractivity contribution in [2.24, 2.45) is 11.8 Å². The van der Waals surface area contributed by atoms with E-state index in [0.29, 0.717) is 43.6 Å². The molecule has 1 aromatic heterocycles. The molecule has 0 spiro atoms. The number of thiophene rings is 1. The van der Waals surface area contributed by atoms with Gasteiger partial charge in [-0.1, -0.05) is 26.0 Å². The summed E-state index contributed by atoms with van der Waals surface area (Å²) in [4.78, 5) is 16.0. The van der Waals surface area contributed by atoms with Gasteiger partial charge < -0.3 is 4.90 Å². The number of hydrogen-bond donors (Lipinski definition) is 0. The molecule has 2 aromatic rings. The summed E-state index contributed by atoms with van der Waals surface area (Å²) < 4.78 is 27.9. The van der Waals surface area contributed by atoms with Gasteiger partial charge in [0.25, 0.3) is 5.91 Å². The van der Waals surface area contributed by atoms with Gasteiger partial charge in [0.2, 0.25) is 10.0 Å². The fourth-order valence-electron chi connectivity index (χ4n) is 3.84. The lowest BCUT2D eigenvalue weighted by Crippen LogP contribution is -2.42. The first-order chi connectivity index (χ1) is 13.3. The molecule has 1 aromatic carbocycles. The molecule has 0 radical (unpaired) electrons. The molecule has 2 heterocycles. The molecule has 0 N–H and O–H groups in total. The molecule has 1 amide bonds. The molecular formula is C21H28N2O3S2. The molecule has 152 valence electrons. The number of rotatable bonds is 6. The van der Waals surface area contributed by atoms with E-state index in [0.717, 1.165) is 11.3 Å². The van der Waals surface area contributed by atoms with Gasteiger partial charge in [0.1, 0.15) is 0 Å². The summed E-state index contributed by atoms with van der Waals surface area (Å²) in [5, 5.41) is 1.99. The lowest BCUT2D eigenvalue weighted by Gasteiger charge is -2.34. The lowest BCUT2D eigenvalue weighted by atomic mass is 9.94. The van der Waals surface area contributed by atoms with E-state index in [-0.39, 0.29) is 10.8 Å². The predicted octanol–water partition coefficient (Wildman–Crippen LogP) is 4.08. The van der Waals surface area contributed by atoms with Crippen LogP contribution >= 0.6 is 11.3 Å². The maximum Gasteiger partial charge on any atom is 0.254 e. The van der Waals surface area contributed by atoms with Crippen LogP contribution in [0.2, 0.25) is 0 Å². The third-order valence-corrected chi connectivity index (χ3v) is 7.84. The second-order valence-corrected chi connectivity index (χ2v) is 10.7. The minimum absolute atomic E-state index is 0.145. The van der Waals surface area contributed by atoms with Crippen LogP contribution in [-0.2, 0) is 16.6 Å². The number of carbonyl (C=O) groups is 1. The van der Waals surface area contributed by atoms with Gasteiger partial charge in [-0.3, -0.25) is 4.79 Å². The van der Waals surface area contributed by atoms with Crippen LogP contribution in [0.3, 0.4) is 0 Å². The second kappa shape index (κ2) is 8.76. The van der Waals surface area contributed by atoms with E-state index in [1.807, 2.05) is 24.4 Å². The Bertz CT molecular complexity index is 899. The zero-order valence-electron chi connectivity index (χ0n) is 16.7. The average molecular weight is 421 g/mol. The molecule has 7 heteroatoms. The van der Waals surface area contributed by atoms with Crippen LogP contribution in [0.4, 0.5) is 0 Å². The van der Waals surface area contributed by atoms with E-state index in [9.17, 15) is 13.2 Å². The zero-order chi connectivity index (χ0) is 20.3. The third-order valence-electron chi connectivity index (χ3n) is 5.15. The first-order valence-electron chi connectivity index (χ1n) is 9.73. The Balaban J connectivity index is 1.83. The Hall–Kier alpha value is -1.70. The smallest absolute Gasteiger partial charge is 0.254 e. The number of sulfonamides is 1. The van der Waals surface area contributed by atoms with Crippen LogP contribution in [-0.4, -0.2) is 43.2 Å². The molecule has 2 atom stereocenters. The minimum Gasteiger partial charge on any atom is -0.334 e. The third kappa shape index (κ3) is 4.64. The number of carbonyl (C=O) groups excluding carboxylic acids is 1. The Kier molecular flexibility index (Phi) is 6.58. The molecule has 1 aliphatic rings. The molecule has 0 unspecified atom stereocenters. The largest absolute Gasteiger partial charge is 0.334 e. The van der Waals surface area contributed by atoms with Gasteiger partial charge in [0.15, 0.2) is 0 Å². The molecule has 3 rings (SSSR count). The van der Waals surface area contributed by atoms with Crippen molar-refractivity contribution < 1.29 is 13.2 Å². The zero-order valence-corrected chi connectivity index (χ0v) is 18.3. The number of nitrogens with zero attached hydrogens (tertiary/aromatic N) is 2. The predicted molar refractivity (Wildman–Crippen MR) is 113 cm³/mol. The van der Waals surface area contributed by atoms with Crippen molar-refractivity contribution in [3.05, 3.63) is 52.2 Å². The molecular weight excluding hydrogens is 392 g/mol. The van der Waals surface area contributed by atoms with Crippen LogP contribution in [0.5, 0.6) is 0 Å². The second-order valence-electron chi connectivity index (χ2n) is 7.69. The fourth-order valence-corrected chi connectivity index (χ4v) is 6.29. The highest BCUT2D eigenvalue weighted by Gasteiger charge is 2.32. The highest BCUT2D eigenvalue weighted by molar-refractivity contribution is 7.89. The number of benzene rings is 1. The van der Waals surface area contributed by atoms with Gasteiger partial charge in [-0.15, -0.1) is 11.3 Å². The lowest BCUT2D eigenvalue weighted by molar-refractivity contribution is 0.0754. The molecule has 1 aliphatic heterocycles. The number of amides is 1. The van der Waals surface area contributed by atoms with E-state index in [1.54, 1.807) is 38.7 Å². The SMILES string of the molecule is CCN(Cc1cccs1)C(=O)c1cccc(S(=O)(=O)N2C[C@@H](C)C[C@H](C)C2)c1. The van der Waals surface area contributed by atoms with Crippen LogP contribution in [0.25, 0.3) is 0 Å². The first-order valence-corrected chi connectivity index (χ1v) is 12.0. The van der Waals surface area contributed by atoms with Crippen molar-refractivity contribution in [1.29, 1.82) is 0 Å². The quantitative estimate of drug-likeness (QED) is 0.708. The first kappa shape index (κ1) is 21.0. The summed E-state index contributed by atoms with van der Waals surface area (Å²) in [5.74, 6) is 0.530. The molecule has 1 saturated heterocycles. The summed E-state index contributed by atoms with van der Waals surface area (Å²) in [6, 6.07) is 10.4. The van der Waals surface area contributed by atoms with Gasteiger partial charge in [-0.25, -0.2) is 8.42 Å². The molecule has 0 aliphatic carbocycles. The van der Waals surface area contributed by atoms with E-state index in [1.165, 1.54) is 6.07 Å². The summed E-state index contributed by atoms with van der Waals surface area (Å²) in [6.07, 6.45) is 1.04. The number of hydrogen-bond acceptors (Lipinski definition) is 4. The van der Waals surface area contributed by atoms with E-state index < -0.39 is 10.0 Å². The van der Waals surface area contributed by atoms with Crippen LogP contribution in [0, 0.1) is 11.8 Å². The van der Waals surface area contributed by atoms with Crippen LogP contribution in [0.15, 0.2) is 46.7 Å². The highest BCUT2D eigenvalue weighted by atomic mass is 32.2. The molecule has 0 saturated carbocycles. The van der Waals surface area contributed by atoms with Gasteiger partial charge in [0.05, 0.1) is 11.4 Å². The van der Waals surface area contributed by atoms with Crippen molar-refractivity contribution in [2.75, 3.05) is 19.6 Å². The highest BCUT2D eigenvalue weighted by Crippen LogP contribution is 2.27. The van der Waals surface area contributed by atoms with Crippen LogP contribution < -0.4 is 0 Å². The Labute approximate surface area is 172 Å². The summed E-state index contributed by atoms with van der Waals surface area (Å²) in [6.45, 7) is 8.26. The van der Waals surface area contributed by atoms with Crippen molar-refractivity contribution >= 4 is 27.3 Å². The fraction of sp³-hybridized carbons (Fsp3) is 0.476. The van der Waals surface area contributed by atoms with Crippen molar-refractivity contribution in [3.63, 3.8) is 0 Å². The molecule has 1 fully saturated rings. The van der Waals surface area contributed by atoms with E-state index in [4.69, 9.17) is 0 Å². The van der Waals surface area contributed by atoms with Gasteiger partial charge in [0, 0.05) is 30.1 Å². The maximum absolute atomic E-state index is 13.2.